The van der Waals surface area contributed by atoms with Gasteiger partial charge in [0.25, 0.3) is 0 Å². The monoisotopic (exact) mass is 422 g/mol. The Labute approximate surface area is 178 Å². The van der Waals surface area contributed by atoms with Gasteiger partial charge in [0.15, 0.2) is 0 Å². The number of amides is 1. The van der Waals surface area contributed by atoms with Crippen molar-refractivity contribution in [3.8, 4) is 0 Å². The number of nitrogens with zero attached hydrogens (tertiary/aromatic N) is 1. The number of hydrogen-bond acceptors (Lipinski definition) is 3. The van der Waals surface area contributed by atoms with Crippen LogP contribution in [0, 0.1) is 6.92 Å². The predicted molar refractivity (Wildman–Crippen MR) is 121 cm³/mol. The van der Waals surface area contributed by atoms with Crippen molar-refractivity contribution >= 4 is 21.6 Å². The maximum Gasteiger partial charge on any atom is 0.244 e. The normalized spacial score (nSPS) is 12.4. The summed E-state index contributed by atoms with van der Waals surface area (Å²) in [5, 5.41) is 3.04. The van der Waals surface area contributed by atoms with E-state index in [-0.39, 0.29) is 11.9 Å². The van der Waals surface area contributed by atoms with Crippen LogP contribution in [0.5, 0.6) is 0 Å². The summed E-state index contributed by atoms with van der Waals surface area (Å²) < 4.78 is 26.2. The molecular formula is C24H26N2O3S. The molecule has 0 saturated carbocycles. The van der Waals surface area contributed by atoms with Crippen LogP contribution in [0.4, 0.5) is 5.69 Å². The SMILES string of the molecule is Cc1ccc(N([C@@H](C)C(=O)NC(c2ccccc2)c2ccccc2)S(C)(=O)=O)cc1. The smallest absolute Gasteiger partial charge is 0.244 e. The van der Waals surface area contributed by atoms with Crippen LogP contribution in [0.1, 0.15) is 29.7 Å². The van der Waals surface area contributed by atoms with Crippen molar-refractivity contribution in [3.05, 3.63) is 102 Å². The first kappa shape index (κ1) is 21.6. The zero-order valence-corrected chi connectivity index (χ0v) is 18.1. The Bertz CT molecular complexity index is 1040. The molecule has 3 rings (SSSR count). The van der Waals surface area contributed by atoms with Crippen molar-refractivity contribution in [1.82, 2.24) is 5.32 Å². The fourth-order valence-electron chi connectivity index (χ4n) is 3.41. The van der Waals surface area contributed by atoms with Crippen molar-refractivity contribution in [1.29, 1.82) is 0 Å². The van der Waals surface area contributed by atoms with Crippen LogP contribution < -0.4 is 9.62 Å². The van der Waals surface area contributed by atoms with Gasteiger partial charge in [0.2, 0.25) is 15.9 Å². The molecule has 1 amide bonds. The van der Waals surface area contributed by atoms with Crippen molar-refractivity contribution in [2.75, 3.05) is 10.6 Å². The topological polar surface area (TPSA) is 66.5 Å². The van der Waals surface area contributed by atoms with Gasteiger partial charge in [-0.25, -0.2) is 8.42 Å². The molecule has 0 aliphatic carbocycles. The molecule has 1 atom stereocenters. The highest BCUT2D eigenvalue weighted by Gasteiger charge is 2.30. The number of carbonyl (C=O) groups excluding carboxylic acids is 1. The largest absolute Gasteiger partial charge is 0.343 e. The van der Waals surface area contributed by atoms with Gasteiger partial charge in [0.1, 0.15) is 6.04 Å². The summed E-state index contributed by atoms with van der Waals surface area (Å²) >= 11 is 0. The Morgan fingerprint density at radius 3 is 1.73 bits per heavy atom. The summed E-state index contributed by atoms with van der Waals surface area (Å²) in [6.45, 7) is 3.53. The molecule has 156 valence electrons. The lowest BCUT2D eigenvalue weighted by atomic mass is 9.98. The lowest BCUT2D eigenvalue weighted by molar-refractivity contribution is -0.122. The minimum Gasteiger partial charge on any atom is -0.343 e. The van der Waals surface area contributed by atoms with E-state index in [0.717, 1.165) is 27.3 Å². The van der Waals surface area contributed by atoms with Gasteiger partial charge in [0.05, 0.1) is 18.0 Å². The summed E-state index contributed by atoms with van der Waals surface area (Å²) in [6, 6.07) is 25.0. The minimum absolute atomic E-state index is 0.376. The molecule has 0 spiro atoms. The molecule has 0 aliphatic rings. The second kappa shape index (κ2) is 9.13. The molecule has 1 N–H and O–H groups in total. The highest BCUT2D eigenvalue weighted by Crippen LogP contribution is 2.25. The number of rotatable bonds is 7. The first-order valence-corrected chi connectivity index (χ1v) is 11.6. The van der Waals surface area contributed by atoms with Crippen LogP contribution in [0.15, 0.2) is 84.9 Å². The summed E-state index contributed by atoms with van der Waals surface area (Å²) in [5.41, 5.74) is 3.32. The molecule has 5 nitrogen and oxygen atoms in total. The first-order valence-electron chi connectivity index (χ1n) is 9.73. The van der Waals surface area contributed by atoms with Crippen LogP contribution in [-0.2, 0) is 14.8 Å². The van der Waals surface area contributed by atoms with Crippen LogP contribution in [0.2, 0.25) is 0 Å². The molecule has 3 aromatic carbocycles. The lowest BCUT2D eigenvalue weighted by Gasteiger charge is -2.30. The fraction of sp³-hybridized carbons (Fsp3) is 0.208. The third-order valence-electron chi connectivity index (χ3n) is 4.93. The quantitative estimate of drug-likeness (QED) is 0.625. The summed E-state index contributed by atoms with van der Waals surface area (Å²) in [4.78, 5) is 13.2. The summed E-state index contributed by atoms with van der Waals surface area (Å²) in [7, 11) is -3.67. The van der Waals surface area contributed by atoms with E-state index < -0.39 is 16.1 Å². The van der Waals surface area contributed by atoms with Crippen molar-refractivity contribution in [2.24, 2.45) is 0 Å². The lowest BCUT2D eigenvalue weighted by Crippen LogP contribution is -2.48. The Hall–Kier alpha value is -3.12. The average Bonchev–Trinajstić information content (AvgIpc) is 2.73. The van der Waals surface area contributed by atoms with Crippen LogP contribution in [0.3, 0.4) is 0 Å². The van der Waals surface area contributed by atoms with E-state index in [1.165, 1.54) is 0 Å². The molecule has 30 heavy (non-hydrogen) atoms. The summed E-state index contributed by atoms with van der Waals surface area (Å²) in [6.07, 6.45) is 1.11. The maximum absolute atomic E-state index is 13.2. The standard InChI is InChI=1S/C24H26N2O3S/c1-18-14-16-22(17-15-18)26(30(3,28)29)19(2)24(27)25-23(20-10-6-4-7-11-20)21-12-8-5-9-13-21/h4-17,19,23H,1-3H3,(H,25,27)/t19-/m0/s1. The number of nitrogens with one attached hydrogen (secondary N) is 1. The highest BCUT2D eigenvalue weighted by atomic mass is 32.2. The number of aryl methyl sites for hydroxylation is 1. The zero-order chi connectivity index (χ0) is 21.7. The Morgan fingerprint density at radius 2 is 1.30 bits per heavy atom. The number of anilines is 1. The van der Waals surface area contributed by atoms with Crippen LogP contribution in [0.25, 0.3) is 0 Å². The van der Waals surface area contributed by atoms with E-state index in [0.29, 0.717) is 5.69 Å². The zero-order valence-electron chi connectivity index (χ0n) is 17.3. The van der Waals surface area contributed by atoms with Gasteiger partial charge in [0, 0.05) is 0 Å². The third-order valence-corrected chi connectivity index (χ3v) is 6.17. The number of hydrogen-bond donors (Lipinski definition) is 1. The number of benzene rings is 3. The van der Waals surface area contributed by atoms with Gasteiger partial charge >= 0.3 is 0 Å². The molecule has 3 aromatic rings. The molecule has 0 saturated heterocycles. The predicted octanol–water partition coefficient (Wildman–Crippen LogP) is 4.06. The van der Waals surface area contributed by atoms with Gasteiger partial charge in [-0.2, -0.15) is 0 Å². The average molecular weight is 423 g/mol. The maximum atomic E-state index is 13.2. The van der Waals surface area contributed by atoms with Crippen LogP contribution >= 0.6 is 0 Å². The van der Waals surface area contributed by atoms with Gasteiger partial charge in [-0.1, -0.05) is 78.4 Å². The number of carbonyl (C=O) groups is 1. The Kier molecular flexibility index (Phi) is 6.57. The van der Waals surface area contributed by atoms with Gasteiger partial charge in [-0.05, 0) is 37.1 Å². The number of sulfonamides is 1. The molecule has 0 radical (unpaired) electrons. The van der Waals surface area contributed by atoms with E-state index in [4.69, 9.17) is 0 Å². The van der Waals surface area contributed by atoms with E-state index in [9.17, 15) is 13.2 Å². The second-order valence-electron chi connectivity index (χ2n) is 7.33. The Balaban J connectivity index is 1.93. The second-order valence-corrected chi connectivity index (χ2v) is 9.19. The molecule has 0 fully saturated rings. The van der Waals surface area contributed by atoms with Gasteiger partial charge < -0.3 is 5.32 Å². The molecule has 0 heterocycles. The van der Waals surface area contributed by atoms with E-state index in [1.807, 2.05) is 79.7 Å². The Morgan fingerprint density at radius 1 is 0.833 bits per heavy atom. The van der Waals surface area contributed by atoms with Gasteiger partial charge in [-0.15, -0.1) is 0 Å². The molecule has 0 bridgehead atoms. The molecule has 6 heteroatoms. The van der Waals surface area contributed by atoms with Crippen molar-refractivity contribution < 1.29 is 13.2 Å². The van der Waals surface area contributed by atoms with E-state index in [1.54, 1.807) is 19.1 Å². The van der Waals surface area contributed by atoms with Gasteiger partial charge in [-0.3, -0.25) is 9.10 Å². The first-order chi connectivity index (χ1) is 14.3. The summed E-state index contributed by atoms with van der Waals surface area (Å²) in [5.74, 6) is -0.376. The fourth-order valence-corrected chi connectivity index (χ4v) is 4.59. The highest BCUT2D eigenvalue weighted by molar-refractivity contribution is 7.92. The molecule has 0 aliphatic heterocycles. The molecular weight excluding hydrogens is 396 g/mol. The molecule has 0 aromatic heterocycles. The van der Waals surface area contributed by atoms with Crippen molar-refractivity contribution in [3.63, 3.8) is 0 Å². The van der Waals surface area contributed by atoms with E-state index >= 15 is 0 Å². The van der Waals surface area contributed by atoms with Crippen molar-refractivity contribution in [2.45, 2.75) is 25.9 Å². The van der Waals surface area contributed by atoms with Crippen LogP contribution in [-0.4, -0.2) is 26.6 Å². The third kappa shape index (κ3) is 5.07. The minimum atomic E-state index is -3.67. The van der Waals surface area contributed by atoms with E-state index in [2.05, 4.69) is 5.32 Å². The molecule has 0 unspecified atom stereocenters.